The quantitative estimate of drug-likeness (QED) is 0.673. The first-order chi connectivity index (χ1) is 8.61. The van der Waals surface area contributed by atoms with Crippen molar-refractivity contribution in [2.24, 2.45) is 5.84 Å². The molecule has 0 aliphatic heterocycles. The second-order valence-corrected chi connectivity index (χ2v) is 4.93. The van der Waals surface area contributed by atoms with Crippen LogP contribution in [-0.4, -0.2) is 4.98 Å². The molecule has 0 saturated heterocycles. The maximum atomic E-state index is 5.99. The molecule has 1 heterocycles. The molecule has 2 aromatic rings. The monoisotopic (exact) mass is 301 g/mol. The van der Waals surface area contributed by atoms with Crippen LogP contribution in [0.1, 0.15) is 17.3 Å². The van der Waals surface area contributed by atoms with Gasteiger partial charge in [-0.15, -0.1) is 0 Å². The van der Waals surface area contributed by atoms with Crippen molar-refractivity contribution in [3.05, 3.63) is 62.9 Å². The summed E-state index contributed by atoms with van der Waals surface area (Å²) in [6.07, 6.45) is 1.57. The van der Waals surface area contributed by atoms with Crippen LogP contribution in [0, 0.1) is 0 Å². The van der Waals surface area contributed by atoms with E-state index < -0.39 is 0 Å². The summed E-state index contributed by atoms with van der Waals surface area (Å²) in [5, 5.41) is 1.55. The smallest absolute Gasteiger partial charge is 0.0881 e. The van der Waals surface area contributed by atoms with E-state index in [-0.39, 0.29) is 6.04 Å². The van der Waals surface area contributed by atoms with E-state index in [2.05, 4.69) is 10.4 Å². The maximum absolute atomic E-state index is 5.99. The molecule has 1 aromatic carbocycles. The molecule has 3 N–H and O–H groups in total. The predicted octanol–water partition coefficient (Wildman–Crippen LogP) is 3.59. The van der Waals surface area contributed by atoms with Crippen molar-refractivity contribution < 1.29 is 0 Å². The van der Waals surface area contributed by atoms with Gasteiger partial charge in [0, 0.05) is 6.20 Å². The van der Waals surface area contributed by atoms with E-state index in [0.29, 0.717) is 15.1 Å². The van der Waals surface area contributed by atoms with Crippen LogP contribution in [0.15, 0.2) is 36.5 Å². The Bertz CT molecular complexity index is 543. The highest BCUT2D eigenvalue weighted by molar-refractivity contribution is 6.42. The van der Waals surface area contributed by atoms with Gasteiger partial charge in [-0.2, -0.15) is 0 Å². The Hall–Kier alpha value is -0.840. The fraction of sp³-hybridized carbons (Fsp3) is 0.0833. The summed E-state index contributed by atoms with van der Waals surface area (Å²) in [6, 6.07) is 8.61. The highest BCUT2D eigenvalue weighted by Gasteiger charge is 2.14. The van der Waals surface area contributed by atoms with Crippen LogP contribution in [0.2, 0.25) is 15.1 Å². The third-order valence-corrected chi connectivity index (χ3v) is 3.45. The first-order valence-electron chi connectivity index (χ1n) is 5.14. The second-order valence-electron chi connectivity index (χ2n) is 3.67. The molecule has 18 heavy (non-hydrogen) atoms. The van der Waals surface area contributed by atoms with Crippen LogP contribution in [0.25, 0.3) is 0 Å². The summed E-state index contributed by atoms with van der Waals surface area (Å²) >= 11 is 17.7. The minimum absolute atomic E-state index is 0.267. The lowest BCUT2D eigenvalue weighted by atomic mass is 10.0. The number of nitrogens with zero attached hydrogens (tertiary/aromatic N) is 1. The van der Waals surface area contributed by atoms with E-state index in [1.165, 1.54) is 0 Å². The van der Waals surface area contributed by atoms with E-state index in [9.17, 15) is 0 Å². The highest BCUT2D eigenvalue weighted by atomic mass is 35.5. The molecule has 0 radical (unpaired) electrons. The van der Waals surface area contributed by atoms with E-state index in [0.717, 1.165) is 11.3 Å². The van der Waals surface area contributed by atoms with Gasteiger partial charge in [-0.05, 0) is 29.8 Å². The molecule has 94 valence electrons. The number of hydrogen-bond donors (Lipinski definition) is 2. The molecule has 3 nitrogen and oxygen atoms in total. The molecular formula is C12H10Cl3N3. The van der Waals surface area contributed by atoms with Gasteiger partial charge in [0.2, 0.25) is 0 Å². The fourth-order valence-electron chi connectivity index (χ4n) is 1.60. The first kappa shape index (κ1) is 13.6. The van der Waals surface area contributed by atoms with Gasteiger partial charge in [-0.1, -0.05) is 40.9 Å². The van der Waals surface area contributed by atoms with Gasteiger partial charge in [0.15, 0.2) is 0 Å². The topological polar surface area (TPSA) is 50.9 Å². The summed E-state index contributed by atoms with van der Waals surface area (Å²) < 4.78 is 0. The zero-order chi connectivity index (χ0) is 13.1. The zero-order valence-electron chi connectivity index (χ0n) is 9.20. The zero-order valence-corrected chi connectivity index (χ0v) is 11.5. The third-order valence-electron chi connectivity index (χ3n) is 2.49. The average molecular weight is 303 g/mol. The van der Waals surface area contributed by atoms with Crippen LogP contribution in [0.5, 0.6) is 0 Å². The average Bonchev–Trinajstić information content (AvgIpc) is 2.37. The third kappa shape index (κ3) is 2.94. The molecule has 0 bridgehead atoms. The van der Waals surface area contributed by atoms with Crippen LogP contribution in [0.3, 0.4) is 0 Å². The van der Waals surface area contributed by atoms with Crippen LogP contribution < -0.4 is 11.3 Å². The van der Waals surface area contributed by atoms with Gasteiger partial charge in [0.05, 0.1) is 26.8 Å². The molecule has 6 heteroatoms. The lowest BCUT2D eigenvalue weighted by Crippen LogP contribution is -2.29. The van der Waals surface area contributed by atoms with Crippen molar-refractivity contribution in [2.45, 2.75) is 6.04 Å². The number of pyridine rings is 1. The Morgan fingerprint density at radius 2 is 1.83 bits per heavy atom. The number of rotatable bonds is 3. The van der Waals surface area contributed by atoms with Crippen LogP contribution >= 0.6 is 34.8 Å². The van der Waals surface area contributed by atoms with Crippen LogP contribution in [-0.2, 0) is 0 Å². The van der Waals surface area contributed by atoms with Crippen LogP contribution in [0.4, 0.5) is 0 Å². The lowest BCUT2D eigenvalue weighted by molar-refractivity contribution is 0.621. The Morgan fingerprint density at radius 1 is 1.06 bits per heavy atom. The van der Waals surface area contributed by atoms with Crippen molar-refractivity contribution >= 4 is 34.8 Å². The van der Waals surface area contributed by atoms with Gasteiger partial charge >= 0.3 is 0 Å². The summed E-state index contributed by atoms with van der Waals surface area (Å²) in [4.78, 5) is 4.23. The lowest BCUT2D eigenvalue weighted by Gasteiger charge is -2.16. The summed E-state index contributed by atoms with van der Waals surface area (Å²) in [5.41, 5.74) is 4.32. The highest BCUT2D eigenvalue weighted by Crippen LogP contribution is 2.28. The Morgan fingerprint density at radius 3 is 2.39 bits per heavy atom. The minimum Gasteiger partial charge on any atom is -0.271 e. The van der Waals surface area contributed by atoms with Crippen molar-refractivity contribution in [3.63, 3.8) is 0 Å². The van der Waals surface area contributed by atoms with E-state index in [1.807, 2.05) is 6.07 Å². The first-order valence-corrected chi connectivity index (χ1v) is 6.27. The standard InChI is InChI=1S/C12H10Cl3N3/c13-8-2-4-11(17-6-8)12(18-16)7-1-3-9(14)10(15)5-7/h1-6,12,18H,16H2. The number of benzene rings is 1. The molecule has 1 aromatic heterocycles. The van der Waals surface area contributed by atoms with E-state index >= 15 is 0 Å². The minimum atomic E-state index is -0.267. The van der Waals surface area contributed by atoms with Gasteiger partial charge in [0.25, 0.3) is 0 Å². The van der Waals surface area contributed by atoms with Crippen molar-refractivity contribution in [1.82, 2.24) is 10.4 Å². The molecule has 1 unspecified atom stereocenters. The number of halogens is 3. The molecule has 0 aliphatic rings. The van der Waals surface area contributed by atoms with E-state index in [4.69, 9.17) is 40.6 Å². The van der Waals surface area contributed by atoms with Crippen molar-refractivity contribution in [2.75, 3.05) is 0 Å². The molecule has 2 rings (SSSR count). The van der Waals surface area contributed by atoms with E-state index in [1.54, 1.807) is 30.5 Å². The largest absolute Gasteiger partial charge is 0.271 e. The summed E-state index contributed by atoms with van der Waals surface area (Å²) in [7, 11) is 0. The van der Waals surface area contributed by atoms with Gasteiger partial charge in [-0.25, -0.2) is 5.43 Å². The molecule has 0 fully saturated rings. The second kappa shape index (κ2) is 5.87. The molecular weight excluding hydrogens is 293 g/mol. The Balaban J connectivity index is 2.38. The van der Waals surface area contributed by atoms with Gasteiger partial charge < -0.3 is 0 Å². The van der Waals surface area contributed by atoms with Gasteiger partial charge in [0.1, 0.15) is 0 Å². The number of nitrogens with one attached hydrogen (secondary N) is 1. The summed E-state index contributed by atoms with van der Waals surface area (Å²) in [5.74, 6) is 5.56. The number of nitrogens with two attached hydrogens (primary N) is 1. The Labute approximate surface area is 120 Å². The number of aromatic nitrogens is 1. The summed E-state index contributed by atoms with van der Waals surface area (Å²) in [6.45, 7) is 0. The number of hydrazine groups is 1. The fourth-order valence-corrected chi connectivity index (χ4v) is 2.02. The molecule has 0 saturated carbocycles. The predicted molar refractivity (Wildman–Crippen MR) is 74.9 cm³/mol. The number of hydrogen-bond acceptors (Lipinski definition) is 3. The molecule has 0 aliphatic carbocycles. The normalized spacial score (nSPS) is 12.4. The van der Waals surface area contributed by atoms with Crippen molar-refractivity contribution in [3.8, 4) is 0 Å². The molecule has 0 amide bonds. The Kier molecular flexibility index (Phi) is 4.43. The maximum Gasteiger partial charge on any atom is 0.0881 e. The van der Waals surface area contributed by atoms with Gasteiger partial charge in [-0.3, -0.25) is 10.8 Å². The molecule has 0 spiro atoms. The SMILES string of the molecule is NNC(c1ccc(Cl)c(Cl)c1)c1ccc(Cl)cn1. The molecule has 1 atom stereocenters. The van der Waals surface area contributed by atoms with Crippen molar-refractivity contribution in [1.29, 1.82) is 0 Å².